The van der Waals surface area contributed by atoms with Gasteiger partial charge in [-0.25, -0.2) is 4.99 Å². The molecule has 0 aromatic rings. The molecule has 3 heteroatoms. The molecule has 0 aliphatic heterocycles. The zero-order chi connectivity index (χ0) is 8.69. The van der Waals surface area contributed by atoms with Crippen LogP contribution < -0.4 is 5.73 Å². The van der Waals surface area contributed by atoms with Crippen molar-refractivity contribution in [1.82, 2.24) is 0 Å². The van der Waals surface area contributed by atoms with E-state index >= 15 is 0 Å². The average molecular weight is 155 g/mol. The third-order valence-corrected chi connectivity index (χ3v) is 1.05. The molecule has 0 saturated carbocycles. The minimum absolute atomic E-state index is 0.436. The normalized spacial score (nSPS) is 11.5. The molecule has 0 amide bonds. The third-order valence-electron chi connectivity index (χ3n) is 1.05. The standard InChI is InChI=1S/C8H17N3/c1-4-5-10-8(6-9)11-7(2)3/h4-6,9H2,1-3H3. The Hall–Kier alpha value is -0.700. The summed E-state index contributed by atoms with van der Waals surface area (Å²) in [6.45, 7) is 7.23. The van der Waals surface area contributed by atoms with E-state index in [1.165, 1.54) is 0 Å². The lowest BCUT2D eigenvalue weighted by atomic mass is 10.4. The zero-order valence-corrected chi connectivity index (χ0v) is 7.59. The monoisotopic (exact) mass is 155 g/mol. The molecule has 0 saturated heterocycles. The number of aliphatic imine (C=N–C) groups is 2. The molecule has 0 aliphatic carbocycles. The fourth-order valence-electron chi connectivity index (χ4n) is 0.645. The molecule has 0 unspecified atom stereocenters. The Morgan fingerprint density at radius 3 is 2.36 bits per heavy atom. The maximum atomic E-state index is 5.42. The molecular weight excluding hydrogens is 138 g/mol. The second-order valence-corrected chi connectivity index (χ2v) is 2.56. The van der Waals surface area contributed by atoms with Crippen LogP contribution in [0.3, 0.4) is 0 Å². The van der Waals surface area contributed by atoms with E-state index in [-0.39, 0.29) is 0 Å². The van der Waals surface area contributed by atoms with Gasteiger partial charge in [0.2, 0.25) is 0 Å². The van der Waals surface area contributed by atoms with Crippen molar-refractivity contribution in [2.24, 2.45) is 15.7 Å². The Morgan fingerprint density at radius 2 is 2.00 bits per heavy atom. The van der Waals surface area contributed by atoms with Crippen molar-refractivity contribution in [2.45, 2.75) is 27.2 Å². The van der Waals surface area contributed by atoms with Gasteiger partial charge < -0.3 is 5.73 Å². The van der Waals surface area contributed by atoms with Crippen molar-refractivity contribution >= 4 is 11.5 Å². The second-order valence-electron chi connectivity index (χ2n) is 2.56. The highest BCUT2D eigenvalue weighted by atomic mass is 14.9. The highest BCUT2D eigenvalue weighted by molar-refractivity contribution is 5.96. The van der Waals surface area contributed by atoms with E-state index in [2.05, 4.69) is 16.9 Å². The highest BCUT2D eigenvalue weighted by Gasteiger charge is 1.90. The Balaban J connectivity index is 4.05. The van der Waals surface area contributed by atoms with Crippen molar-refractivity contribution in [1.29, 1.82) is 0 Å². The van der Waals surface area contributed by atoms with E-state index in [1.807, 2.05) is 13.8 Å². The third kappa shape index (κ3) is 5.73. The summed E-state index contributed by atoms with van der Waals surface area (Å²) in [7, 11) is 0. The fourth-order valence-corrected chi connectivity index (χ4v) is 0.645. The summed E-state index contributed by atoms with van der Waals surface area (Å²) in [4.78, 5) is 8.38. The molecular formula is C8H17N3. The minimum Gasteiger partial charge on any atom is -0.324 e. The number of nitrogens with two attached hydrogens (primary N) is 1. The summed E-state index contributed by atoms with van der Waals surface area (Å²) in [6, 6.07) is 0. The summed E-state index contributed by atoms with van der Waals surface area (Å²) >= 11 is 0. The van der Waals surface area contributed by atoms with Crippen molar-refractivity contribution in [3.05, 3.63) is 0 Å². The van der Waals surface area contributed by atoms with Crippen molar-refractivity contribution < 1.29 is 0 Å². The predicted molar refractivity (Wildman–Crippen MR) is 50.4 cm³/mol. The summed E-state index contributed by atoms with van der Waals surface area (Å²) in [5, 5.41) is 0. The summed E-state index contributed by atoms with van der Waals surface area (Å²) in [5.74, 6) is 0.756. The van der Waals surface area contributed by atoms with Crippen LogP contribution in [0, 0.1) is 0 Å². The van der Waals surface area contributed by atoms with Gasteiger partial charge in [-0.2, -0.15) is 0 Å². The minimum atomic E-state index is 0.436. The van der Waals surface area contributed by atoms with E-state index in [1.54, 1.807) is 0 Å². The Bertz CT molecular complexity index is 155. The van der Waals surface area contributed by atoms with Crippen molar-refractivity contribution in [3.8, 4) is 0 Å². The molecule has 0 rings (SSSR count). The van der Waals surface area contributed by atoms with Gasteiger partial charge in [-0.3, -0.25) is 4.99 Å². The number of hydrogen-bond acceptors (Lipinski definition) is 2. The number of nitrogens with zero attached hydrogens (tertiary/aromatic N) is 2. The van der Waals surface area contributed by atoms with Gasteiger partial charge in [0.25, 0.3) is 0 Å². The molecule has 11 heavy (non-hydrogen) atoms. The maximum absolute atomic E-state index is 5.42. The van der Waals surface area contributed by atoms with E-state index in [0.29, 0.717) is 6.54 Å². The van der Waals surface area contributed by atoms with E-state index in [9.17, 15) is 0 Å². The lowest BCUT2D eigenvalue weighted by Crippen LogP contribution is -2.13. The van der Waals surface area contributed by atoms with E-state index < -0.39 is 0 Å². The van der Waals surface area contributed by atoms with Gasteiger partial charge in [0.05, 0.1) is 6.54 Å². The molecule has 0 radical (unpaired) electrons. The molecule has 0 aromatic heterocycles. The first-order chi connectivity index (χ1) is 5.20. The number of rotatable bonds is 3. The zero-order valence-electron chi connectivity index (χ0n) is 7.59. The van der Waals surface area contributed by atoms with Crippen LogP contribution in [0.25, 0.3) is 0 Å². The second kappa shape index (κ2) is 6.04. The van der Waals surface area contributed by atoms with Gasteiger partial charge in [0, 0.05) is 12.3 Å². The molecule has 0 atom stereocenters. The van der Waals surface area contributed by atoms with Crippen LogP contribution in [0.2, 0.25) is 0 Å². The smallest absolute Gasteiger partial charge is 0.136 e. The maximum Gasteiger partial charge on any atom is 0.136 e. The van der Waals surface area contributed by atoms with Crippen LogP contribution in [0.5, 0.6) is 0 Å². The largest absolute Gasteiger partial charge is 0.324 e. The molecule has 0 aliphatic rings. The Kier molecular flexibility index (Phi) is 5.65. The SMILES string of the molecule is CCCN=C(CN)N=C(C)C. The average Bonchev–Trinajstić information content (AvgIpc) is 1.97. The molecule has 0 heterocycles. The quantitative estimate of drug-likeness (QED) is 0.483. The van der Waals surface area contributed by atoms with Gasteiger partial charge in [-0.15, -0.1) is 0 Å². The number of amidine groups is 1. The highest BCUT2D eigenvalue weighted by Crippen LogP contribution is 1.85. The van der Waals surface area contributed by atoms with Crippen molar-refractivity contribution in [2.75, 3.05) is 13.1 Å². The van der Waals surface area contributed by atoms with Crippen LogP contribution in [0.15, 0.2) is 9.98 Å². The van der Waals surface area contributed by atoms with Crippen LogP contribution in [-0.2, 0) is 0 Å². The van der Waals surface area contributed by atoms with Gasteiger partial charge in [0.15, 0.2) is 0 Å². The molecule has 0 fully saturated rings. The van der Waals surface area contributed by atoms with Gasteiger partial charge in [-0.1, -0.05) is 6.92 Å². The van der Waals surface area contributed by atoms with E-state index in [0.717, 1.165) is 24.5 Å². The van der Waals surface area contributed by atoms with Crippen LogP contribution in [0.4, 0.5) is 0 Å². The topological polar surface area (TPSA) is 50.7 Å². The first-order valence-electron chi connectivity index (χ1n) is 3.96. The Labute approximate surface area is 68.4 Å². The van der Waals surface area contributed by atoms with Crippen LogP contribution >= 0.6 is 0 Å². The number of hydrogen-bond donors (Lipinski definition) is 1. The summed E-state index contributed by atoms with van der Waals surface area (Å²) in [6.07, 6.45) is 1.04. The Morgan fingerprint density at radius 1 is 1.36 bits per heavy atom. The first kappa shape index (κ1) is 10.3. The summed E-state index contributed by atoms with van der Waals surface area (Å²) in [5.41, 5.74) is 6.43. The molecule has 2 N–H and O–H groups in total. The van der Waals surface area contributed by atoms with Gasteiger partial charge in [-0.05, 0) is 20.3 Å². The van der Waals surface area contributed by atoms with E-state index in [4.69, 9.17) is 5.73 Å². The lowest BCUT2D eigenvalue weighted by molar-refractivity contribution is 0.925. The van der Waals surface area contributed by atoms with Crippen LogP contribution in [0.1, 0.15) is 27.2 Å². The van der Waals surface area contributed by atoms with Gasteiger partial charge >= 0.3 is 0 Å². The predicted octanol–water partition coefficient (Wildman–Crippen LogP) is 1.23. The lowest BCUT2D eigenvalue weighted by Gasteiger charge is -1.96. The first-order valence-corrected chi connectivity index (χ1v) is 3.96. The van der Waals surface area contributed by atoms with Crippen molar-refractivity contribution in [3.63, 3.8) is 0 Å². The van der Waals surface area contributed by atoms with Gasteiger partial charge in [0.1, 0.15) is 5.84 Å². The fraction of sp³-hybridized carbons (Fsp3) is 0.750. The summed E-state index contributed by atoms with van der Waals surface area (Å²) < 4.78 is 0. The molecule has 0 bridgehead atoms. The van der Waals surface area contributed by atoms with Crippen LogP contribution in [-0.4, -0.2) is 24.6 Å². The molecule has 64 valence electrons. The molecule has 0 spiro atoms. The molecule has 0 aromatic carbocycles. The molecule has 3 nitrogen and oxygen atoms in total.